The van der Waals surface area contributed by atoms with Crippen LogP contribution in [0.3, 0.4) is 0 Å². The first-order valence-corrected chi connectivity index (χ1v) is 13.9. The lowest BCUT2D eigenvalue weighted by atomic mass is 10.4. The molecule has 0 spiro atoms. The van der Waals surface area contributed by atoms with E-state index in [0.29, 0.717) is 0 Å². The third-order valence-electron chi connectivity index (χ3n) is 5.48. The molecule has 0 radical (unpaired) electrons. The van der Waals surface area contributed by atoms with Gasteiger partial charge in [-0.05, 0) is 20.8 Å². The van der Waals surface area contributed by atoms with E-state index in [0.717, 1.165) is 0 Å². The fraction of sp³-hybridized carbons (Fsp3) is 0.250. The van der Waals surface area contributed by atoms with Crippen LogP contribution in [0.4, 0.5) is 0 Å². The lowest BCUT2D eigenvalue weighted by Gasteiger charge is -2.30. The van der Waals surface area contributed by atoms with Crippen molar-refractivity contribution >= 4 is 30.4 Å². The summed E-state index contributed by atoms with van der Waals surface area (Å²) < 4.78 is 5.93. The molecule has 0 saturated heterocycles. The molecule has 0 bridgehead atoms. The summed E-state index contributed by atoms with van der Waals surface area (Å²) >= 11 is 0. The van der Waals surface area contributed by atoms with Gasteiger partial charge >= 0.3 is 0 Å². The van der Waals surface area contributed by atoms with Crippen LogP contribution in [0.1, 0.15) is 20.8 Å². The van der Waals surface area contributed by atoms with Gasteiger partial charge in [-0.2, -0.15) is 0 Å². The van der Waals surface area contributed by atoms with Crippen LogP contribution in [0.25, 0.3) is 0 Å². The Morgan fingerprint density at radius 2 is 0.857 bits per heavy atom. The summed E-state index contributed by atoms with van der Waals surface area (Å²) in [6.45, 7) is 7.00. The van der Waals surface area contributed by atoms with Crippen LogP contribution in [0.5, 0.6) is 0 Å². The Labute approximate surface area is 177 Å². The van der Waals surface area contributed by atoms with Crippen molar-refractivity contribution in [2.75, 3.05) is 18.5 Å². The second-order valence-corrected chi connectivity index (χ2v) is 14.4. The highest BCUT2D eigenvalue weighted by Gasteiger charge is 2.38. The average Bonchev–Trinajstić information content (AvgIpc) is 2.77. The molecule has 0 atom stereocenters. The third kappa shape index (κ3) is 4.44. The number of halogens is 1. The Hall–Kier alpha value is -1.39. The van der Waals surface area contributed by atoms with Gasteiger partial charge in [0.05, 0.1) is 25.5 Å². The molecule has 0 aliphatic rings. The standard InChI is InChI=1S/C24H30NP2.ClH/c1-4-26(5-2,6-3)25-27(22-16-10-7-11-17-22,23-18-12-8-13-19-23)24-20-14-9-15-21-24;/h7-21H,4-6H2,1-3H3;1H/q+1;/p-1. The highest BCUT2D eigenvalue weighted by atomic mass is 35.5. The summed E-state index contributed by atoms with van der Waals surface area (Å²) in [6.07, 6.45) is 3.52. The van der Waals surface area contributed by atoms with Crippen molar-refractivity contribution < 1.29 is 12.4 Å². The summed E-state index contributed by atoms with van der Waals surface area (Å²) in [4.78, 5) is 0. The maximum Gasteiger partial charge on any atom is 0.131 e. The molecular weight excluding hydrogens is 400 g/mol. The minimum Gasteiger partial charge on any atom is -1.00 e. The number of hydrogen-bond acceptors (Lipinski definition) is 1. The van der Waals surface area contributed by atoms with E-state index in [1.807, 2.05) is 0 Å². The molecule has 0 fully saturated rings. The van der Waals surface area contributed by atoms with Crippen LogP contribution < -0.4 is 28.3 Å². The van der Waals surface area contributed by atoms with E-state index >= 15 is 0 Å². The Morgan fingerprint density at radius 1 is 0.571 bits per heavy atom. The van der Waals surface area contributed by atoms with Crippen LogP contribution in [0.2, 0.25) is 0 Å². The van der Waals surface area contributed by atoms with E-state index in [9.17, 15) is 0 Å². The van der Waals surface area contributed by atoms with Crippen molar-refractivity contribution in [3.63, 3.8) is 0 Å². The van der Waals surface area contributed by atoms with E-state index in [-0.39, 0.29) is 12.4 Å². The lowest BCUT2D eigenvalue weighted by molar-refractivity contribution is -0.00000560. The van der Waals surface area contributed by atoms with Gasteiger partial charge in [-0.1, -0.05) is 91.0 Å². The van der Waals surface area contributed by atoms with Crippen molar-refractivity contribution in [1.29, 1.82) is 0 Å². The second-order valence-electron chi connectivity index (χ2n) is 6.78. The van der Waals surface area contributed by atoms with Gasteiger partial charge in [-0.25, -0.2) is 0 Å². The molecule has 0 saturated carbocycles. The van der Waals surface area contributed by atoms with Gasteiger partial charge in [0.25, 0.3) is 0 Å². The Bertz CT molecular complexity index is 780. The average molecular weight is 430 g/mol. The summed E-state index contributed by atoms with van der Waals surface area (Å²) in [7, 11) is -3.43. The Kier molecular flexibility index (Phi) is 8.51. The quantitative estimate of drug-likeness (QED) is 0.512. The van der Waals surface area contributed by atoms with E-state index in [4.69, 9.17) is 4.52 Å². The molecule has 4 heteroatoms. The third-order valence-corrected chi connectivity index (χ3v) is 14.7. The van der Waals surface area contributed by atoms with Crippen LogP contribution in [-0.2, 0) is 0 Å². The van der Waals surface area contributed by atoms with Gasteiger partial charge in [0.1, 0.15) is 7.41 Å². The summed E-state index contributed by atoms with van der Waals surface area (Å²) in [6, 6.07) is 33.0. The van der Waals surface area contributed by atoms with Gasteiger partial charge < -0.3 is 12.4 Å². The first kappa shape index (κ1) is 22.9. The van der Waals surface area contributed by atoms with Crippen molar-refractivity contribution in [2.24, 2.45) is 4.52 Å². The highest BCUT2D eigenvalue weighted by molar-refractivity contribution is 7.93. The topological polar surface area (TPSA) is 12.4 Å². The molecule has 0 amide bonds. The number of nitrogens with zero attached hydrogens (tertiary/aromatic N) is 1. The molecule has 0 aliphatic carbocycles. The number of benzene rings is 3. The molecule has 0 N–H and O–H groups in total. The Morgan fingerprint density at radius 3 is 1.11 bits per heavy atom. The molecule has 3 aromatic rings. The summed E-state index contributed by atoms with van der Waals surface area (Å²) in [5.74, 6) is 0. The fourth-order valence-electron chi connectivity index (χ4n) is 3.68. The lowest BCUT2D eigenvalue weighted by Crippen LogP contribution is -3.00. The molecular formula is C24H30ClNP2. The van der Waals surface area contributed by atoms with E-state index in [2.05, 4.69) is 112 Å². The fourth-order valence-corrected chi connectivity index (χ4v) is 12.8. The smallest absolute Gasteiger partial charge is 0.131 e. The Balaban J connectivity index is 0.00000280. The maximum absolute atomic E-state index is 5.93. The van der Waals surface area contributed by atoms with Gasteiger partial charge in [0.2, 0.25) is 0 Å². The molecule has 0 aromatic heterocycles. The SMILES string of the molecule is CC[P+](CC)(CC)N=P(c1ccccc1)(c1ccccc1)c1ccccc1.[Cl-]. The molecule has 1 nitrogen and oxygen atoms in total. The zero-order valence-electron chi connectivity index (χ0n) is 17.0. The monoisotopic (exact) mass is 429 g/mol. The van der Waals surface area contributed by atoms with Crippen LogP contribution >= 0.6 is 14.5 Å². The first-order valence-electron chi connectivity index (χ1n) is 9.87. The maximum atomic E-state index is 5.93. The van der Waals surface area contributed by atoms with Crippen LogP contribution in [-0.4, -0.2) is 18.5 Å². The molecule has 3 rings (SSSR count). The van der Waals surface area contributed by atoms with E-state index < -0.39 is 14.5 Å². The van der Waals surface area contributed by atoms with Gasteiger partial charge in [0, 0.05) is 15.9 Å². The summed E-state index contributed by atoms with van der Waals surface area (Å²) in [5.41, 5.74) is 0. The molecule has 0 unspecified atom stereocenters. The predicted molar refractivity (Wildman–Crippen MR) is 126 cm³/mol. The van der Waals surface area contributed by atoms with Gasteiger partial charge in [-0.3, -0.25) is 0 Å². The van der Waals surface area contributed by atoms with Crippen LogP contribution in [0, 0.1) is 0 Å². The van der Waals surface area contributed by atoms with E-state index in [1.165, 1.54) is 34.4 Å². The minimum atomic E-state index is -2.05. The molecule has 148 valence electrons. The summed E-state index contributed by atoms with van der Waals surface area (Å²) in [5, 5.41) is 4.09. The largest absolute Gasteiger partial charge is 1.00 e. The van der Waals surface area contributed by atoms with Gasteiger partial charge in [0.15, 0.2) is 0 Å². The minimum absolute atomic E-state index is 0. The molecule has 28 heavy (non-hydrogen) atoms. The first-order chi connectivity index (χ1) is 13.2. The zero-order chi connectivity index (χ0) is 19.2. The molecule has 0 heterocycles. The van der Waals surface area contributed by atoms with Crippen LogP contribution in [0.15, 0.2) is 95.5 Å². The highest BCUT2D eigenvalue weighted by Crippen LogP contribution is 2.67. The van der Waals surface area contributed by atoms with Crippen molar-refractivity contribution in [3.05, 3.63) is 91.0 Å². The second kappa shape index (κ2) is 10.4. The zero-order valence-corrected chi connectivity index (χ0v) is 19.5. The number of rotatable bonds is 7. The van der Waals surface area contributed by atoms with Crippen molar-refractivity contribution in [1.82, 2.24) is 0 Å². The van der Waals surface area contributed by atoms with Crippen molar-refractivity contribution in [3.8, 4) is 0 Å². The normalized spacial score (nSPS) is 11.5. The van der Waals surface area contributed by atoms with E-state index in [1.54, 1.807) is 0 Å². The van der Waals surface area contributed by atoms with Crippen molar-refractivity contribution in [2.45, 2.75) is 20.8 Å². The predicted octanol–water partition coefficient (Wildman–Crippen LogP) is 3.16. The molecule has 3 aromatic carbocycles. The molecule has 0 aliphatic heterocycles. The van der Waals surface area contributed by atoms with Gasteiger partial charge in [-0.15, -0.1) is 4.52 Å². The number of hydrogen-bond donors (Lipinski definition) is 0.